The lowest BCUT2D eigenvalue weighted by Gasteiger charge is -2.08. The number of hydrogen-bond donors (Lipinski definition) is 0. The van der Waals surface area contributed by atoms with Gasteiger partial charge in [0.1, 0.15) is 6.61 Å². The van der Waals surface area contributed by atoms with Gasteiger partial charge in [0.2, 0.25) is 6.79 Å². The third kappa shape index (κ3) is 1.26. The van der Waals surface area contributed by atoms with Gasteiger partial charge in [-0.15, -0.1) is 0 Å². The molecule has 0 N–H and O–H groups in total. The van der Waals surface area contributed by atoms with E-state index >= 15 is 0 Å². The van der Waals surface area contributed by atoms with E-state index in [1.54, 1.807) is 0 Å². The first kappa shape index (κ1) is 9.27. The summed E-state index contributed by atoms with van der Waals surface area (Å²) in [6, 6.07) is 5.62. The number of benzene rings is 1. The molecule has 1 aromatic carbocycles. The summed E-state index contributed by atoms with van der Waals surface area (Å²) in [6.07, 6.45) is 0. The van der Waals surface area contributed by atoms with E-state index in [2.05, 4.69) is 6.58 Å². The average Bonchev–Trinajstić information content (AvgIpc) is 2.86. The largest absolute Gasteiger partial charge is 0.461 e. The van der Waals surface area contributed by atoms with Crippen molar-refractivity contribution >= 4 is 5.97 Å². The standard InChI is InChI=1S/C12H10O4/c1-7-9(5-14-12(7)13)8-2-3-10-11(4-8)16-6-15-10/h2-4,9H,1,5-6H2/t9-/m0/s1. The molecule has 82 valence electrons. The van der Waals surface area contributed by atoms with Gasteiger partial charge in [0.25, 0.3) is 0 Å². The highest BCUT2D eigenvalue weighted by Crippen LogP contribution is 2.38. The molecule has 4 heteroatoms. The fourth-order valence-electron chi connectivity index (χ4n) is 1.92. The van der Waals surface area contributed by atoms with Crippen molar-refractivity contribution in [2.75, 3.05) is 13.4 Å². The highest BCUT2D eigenvalue weighted by Gasteiger charge is 2.31. The quantitative estimate of drug-likeness (QED) is 0.530. The van der Waals surface area contributed by atoms with Gasteiger partial charge in [-0.2, -0.15) is 0 Å². The second kappa shape index (κ2) is 3.27. The van der Waals surface area contributed by atoms with E-state index in [1.807, 2.05) is 18.2 Å². The van der Waals surface area contributed by atoms with Crippen molar-refractivity contribution in [2.45, 2.75) is 5.92 Å². The minimum absolute atomic E-state index is 0.0676. The molecule has 0 saturated carbocycles. The third-order valence-electron chi connectivity index (χ3n) is 2.86. The summed E-state index contributed by atoms with van der Waals surface area (Å²) in [5.41, 5.74) is 1.47. The second-order valence-electron chi connectivity index (χ2n) is 3.79. The Morgan fingerprint density at radius 3 is 2.75 bits per heavy atom. The van der Waals surface area contributed by atoms with Crippen LogP contribution in [0, 0.1) is 0 Å². The number of cyclic esters (lactones) is 1. The first-order valence-corrected chi connectivity index (χ1v) is 5.01. The van der Waals surface area contributed by atoms with Crippen LogP contribution in [0.15, 0.2) is 30.4 Å². The normalized spacial score (nSPS) is 22.4. The Morgan fingerprint density at radius 1 is 1.19 bits per heavy atom. The van der Waals surface area contributed by atoms with Crippen LogP contribution in [0.2, 0.25) is 0 Å². The molecule has 1 aromatic rings. The number of ether oxygens (including phenoxy) is 3. The van der Waals surface area contributed by atoms with Crippen molar-refractivity contribution < 1.29 is 19.0 Å². The zero-order chi connectivity index (χ0) is 11.1. The first-order valence-electron chi connectivity index (χ1n) is 5.01. The molecule has 0 aromatic heterocycles. The lowest BCUT2D eigenvalue weighted by molar-refractivity contribution is -0.135. The molecular weight excluding hydrogens is 208 g/mol. The molecule has 0 spiro atoms. The van der Waals surface area contributed by atoms with Gasteiger partial charge in [0, 0.05) is 11.5 Å². The Hall–Kier alpha value is -1.97. The lowest BCUT2D eigenvalue weighted by atomic mass is 9.94. The predicted octanol–water partition coefficient (Wildman–Crippen LogP) is 1.61. The fourth-order valence-corrected chi connectivity index (χ4v) is 1.92. The fraction of sp³-hybridized carbons (Fsp3) is 0.250. The average molecular weight is 218 g/mol. The molecule has 4 nitrogen and oxygen atoms in total. The van der Waals surface area contributed by atoms with Gasteiger partial charge in [-0.05, 0) is 17.7 Å². The summed E-state index contributed by atoms with van der Waals surface area (Å²) >= 11 is 0. The third-order valence-corrected chi connectivity index (χ3v) is 2.86. The van der Waals surface area contributed by atoms with Gasteiger partial charge in [-0.1, -0.05) is 12.6 Å². The second-order valence-corrected chi connectivity index (χ2v) is 3.79. The van der Waals surface area contributed by atoms with Gasteiger partial charge >= 0.3 is 5.97 Å². The number of carbonyl (C=O) groups is 1. The molecule has 0 aliphatic carbocycles. The van der Waals surface area contributed by atoms with Crippen molar-refractivity contribution in [2.24, 2.45) is 0 Å². The molecule has 0 bridgehead atoms. The lowest BCUT2D eigenvalue weighted by Crippen LogP contribution is -2.00. The Labute approximate surface area is 92.4 Å². The van der Waals surface area contributed by atoms with Crippen LogP contribution in [-0.4, -0.2) is 19.4 Å². The molecule has 0 radical (unpaired) electrons. The van der Waals surface area contributed by atoms with E-state index in [9.17, 15) is 4.79 Å². The molecule has 0 unspecified atom stereocenters. The Bertz CT molecular complexity index is 478. The summed E-state index contributed by atoms with van der Waals surface area (Å²) in [7, 11) is 0. The molecule has 1 fully saturated rings. The molecule has 1 saturated heterocycles. The van der Waals surface area contributed by atoms with Gasteiger partial charge in [0.05, 0.1) is 0 Å². The van der Waals surface area contributed by atoms with Crippen LogP contribution in [0.5, 0.6) is 11.5 Å². The highest BCUT2D eigenvalue weighted by molar-refractivity contribution is 5.91. The predicted molar refractivity (Wildman–Crippen MR) is 55.4 cm³/mol. The van der Waals surface area contributed by atoms with E-state index in [4.69, 9.17) is 14.2 Å². The SMILES string of the molecule is C=C1C(=O)OC[C@@H]1c1ccc2c(c1)OCO2. The van der Waals surface area contributed by atoms with Crippen molar-refractivity contribution in [3.05, 3.63) is 35.9 Å². The topological polar surface area (TPSA) is 44.8 Å². The molecule has 1 atom stereocenters. The molecule has 16 heavy (non-hydrogen) atoms. The van der Waals surface area contributed by atoms with Gasteiger partial charge in [-0.3, -0.25) is 0 Å². The number of rotatable bonds is 1. The maximum absolute atomic E-state index is 11.2. The zero-order valence-corrected chi connectivity index (χ0v) is 8.56. The maximum Gasteiger partial charge on any atom is 0.334 e. The van der Waals surface area contributed by atoms with Gasteiger partial charge in [0.15, 0.2) is 11.5 Å². The Morgan fingerprint density at radius 2 is 2.00 bits per heavy atom. The maximum atomic E-state index is 11.2. The van der Waals surface area contributed by atoms with Crippen molar-refractivity contribution in [1.82, 2.24) is 0 Å². The number of carbonyl (C=O) groups excluding carboxylic acids is 1. The van der Waals surface area contributed by atoms with E-state index in [1.165, 1.54) is 0 Å². The minimum Gasteiger partial charge on any atom is -0.461 e. The van der Waals surface area contributed by atoms with E-state index in [0.29, 0.717) is 17.9 Å². The highest BCUT2D eigenvalue weighted by atomic mass is 16.7. The summed E-state index contributed by atoms with van der Waals surface area (Å²) in [5.74, 6) is 1.06. The van der Waals surface area contributed by atoms with Gasteiger partial charge in [-0.25, -0.2) is 4.79 Å². The van der Waals surface area contributed by atoms with Crippen molar-refractivity contribution in [3.63, 3.8) is 0 Å². The van der Waals surface area contributed by atoms with Crippen LogP contribution in [0.4, 0.5) is 0 Å². The van der Waals surface area contributed by atoms with Crippen LogP contribution >= 0.6 is 0 Å². The summed E-state index contributed by atoms with van der Waals surface area (Å²) in [5, 5.41) is 0. The summed E-state index contributed by atoms with van der Waals surface area (Å²) in [4.78, 5) is 11.2. The molecule has 2 heterocycles. The van der Waals surface area contributed by atoms with Crippen LogP contribution in [0.25, 0.3) is 0 Å². The monoisotopic (exact) mass is 218 g/mol. The van der Waals surface area contributed by atoms with Crippen LogP contribution in [-0.2, 0) is 9.53 Å². The Kier molecular flexibility index (Phi) is 1.89. The molecule has 3 rings (SSSR count). The van der Waals surface area contributed by atoms with E-state index in [0.717, 1.165) is 11.3 Å². The van der Waals surface area contributed by atoms with E-state index < -0.39 is 0 Å². The molecule has 0 amide bonds. The van der Waals surface area contributed by atoms with Crippen LogP contribution < -0.4 is 9.47 Å². The first-order chi connectivity index (χ1) is 7.75. The summed E-state index contributed by atoms with van der Waals surface area (Å²) < 4.78 is 15.4. The van der Waals surface area contributed by atoms with Crippen molar-refractivity contribution in [3.8, 4) is 11.5 Å². The Balaban J connectivity index is 1.96. The van der Waals surface area contributed by atoms with Crippen LogP contribution in [0.1, 0.15) is 11.5 Å². The minimum atomic E-state index is -0.317. The molecule has 2 aliphatic rings. The van der Waals surface area contributed by atoms with Crippen LogP contribution in [0.3, 0.4) is 0 Å². The molecule has 2 aliphatic heterocycles. The van der Waals surface area contributed by atoms with Crippen molar-refractivity contribution in [1.29, 1.82) is 0 Å². The molecular formula is C12H10O4. The number of fused-ring (bicyclic) bond motifs is 1. The zero-order valence-electron chi connectivity index (χ0n) is 8.56. The smallest absolute Gasteiger partial charge is 0.334 e. The number of hydrogen-bond acceptors (Lipinski definition) is 4. The van der Waals surface area contributed by atoms with E-state index in [-0.39, 0.29) is 18.7 Å². The summed E-state index contributed by atoms with van der Waals surface area (Å²) in [6.45, 7) is 4.35. The number of esters is 1. The van der Waals surface area contributed by atoms with Gasteiger partial charge < -0.3 is 14.2 Å².